The zero-order chi connectivity index (χ0) is 22.9. The molecule has 0 bridgehead atoms. The minimum absolute atomic E-state index is 0.108. The Hall–Kier alpha value is -3.60. The first-order valence-corrected chi connectivity index (χ1v) is 12.5. The second-order valence-electron chi connectivity index (χ2n) is 7.22. The van der Waals surface area contributed by atoms with Crippen molar-refractivity contribution in [2.24, 2.45) is 0 Å². The average molecular weight is 504 g/mol. The van der Waals surface area contributed by atoms with Crippen molar-refractivity contribution in [3.63, 3.8) is 0 Å². The molecule has 0 spiro atoms. The molecule has 4 aromatic rings. The van der Waals surface area contributed by atoms with E-state index >= 15 is 0 Å². The van der Waals surface area contributed by atoms with Crippen LogP contribution in [0.25, 0.3) is 10.9 Å². The van der Waals surface area contributed by atoms with E-state index in [1.54, 1.807) is 18.5 Å². The summed E-state index contributed by atoms with van der Waals surface area (Å²) in [6.07, 6.45) is 4.60. The Morgan fingerprint density at radius 2 is 1.76 bits per heavy atom. The molecule has 33 heavy (non-hydrogen) atoms. The van der Waals surface area contributed by atoms with Gasteiger partial charge in [0.15, 0.2) is 0 Å². The molecule has 0 aliphatic carbocycles. The third kappa shape index (κ3) is 6.69. The van der Waals surface area contributed by atoms with Gasteiger partial charge in [0.2, 0.25) is 0 Å². The molecule has 0 radical (unpaired) electrons. The third-order valence-corrected chi connectivity index (χ3v) is 6.77. The van der Waals surface area contributed by atoms with Crippen molar-refractivity contribution >= 4 is 36.5 Å². The number of pyridine rings is 1. The second kappa shape index (κ2) is 11.3. The van der Waals surface area contributed by atoms with Gasteiger partial charge in [-0.2, -0.15) is 0 Å². The molecule has 1 aromatic heterocycles. The summed E-state index contributed by atoms with van der Waals surface area (Å²) in [5.74, 6) is 1.15. The van der Waals surface area contributed by atoms with Gasteiger partial charge in [-0.05, 0) is 12.1 Å². The fourth-order valence-electron chi connectivity index (χ4n) is 3.03. The SMILES string of the molecule is Cc1ccc([Se]CC=COc2ccc(COC(=O)Oc3ccnc4ccccc34)cc2)cc1. The molecule has 0 aliphatic rings. The monoisotopic (exact) mass is 505 g/mol. The summed E-state index contributed by atoms with van der Waals surface area (Å²) in [6, 6.07) is 25.1. The first-order chi connectivity index (χ1) is 16.2. The molecule has 0 atom stereocenters. The Bertz CT molecular complexity index is 1230. The Labute approximate surface area is 199 Å². The molecule has 0 fully saturated rings. The molecule has 0 saturated carbocycles. The molecule has 0 unspecified atom stereocenters. The molecule has 5 nitrogen and oxygen atoms in total. The molecule has 4 rings (SSSR count). The van der Waals surface area contributed by atoms with Crippen LogP contribution in [-0.4, -0.2) is 26.1 Å². The van der Waals surface area contributed by atoms with Crippen LogP contribution in [-0.2, 0) is 11.3 Å². The van der Waals surface area contributed by atoms with Crippen LogP contribution in [0.4, 0.5) is 4.79 Å². The number of hydrogen-bond acceptors (Lipinski definition) is 5. The predicted molar refractivity (Wildman–Crippen MR) is 130 cm³/mol. The molecule has 0 aliphatic heterocycles. The second-order valence-corrected chi connectivity index (χ2v) is 9.52. The molecule has 3 aromatic carbocycles. The Balaban J connectivity index is 1.21. The van der Waals surface area contributed by atoms with Crippen LogP contribution >= 0.6 is 0 Å². The fraction of sp³-hybridized carbons (Fsp3) is 0.111. The predicted octanol–water partition coefficient (Wildman–Crippen LogP) is 5.60. The Kier molecular flexibility index (Phi) is 7.75. The van der Waals surface area contributed by atoms with E-state index in [4.69, 9.17) is 14.2 Å². The first-order valence-electron chi connectivity index (χ1n) is 10.5. The number of ether oxygens (including phenoxy) is 3. The van der Waals surface area contributed by atoms with Crippen molar-refractivity contribution in [2.45, 2.75) is 18.8 Å². The van der Waals surface area contributed by atoms with E-state index in [1.807, 2.05) is 54.6 Å². The van der Waals surface area contributed by atoms with E-state index in [0.29, 0.717) is 20.7 Å². The van der Waals surface area contributed by atoms with E-state index in [1.165, 1.54) is 10.0 Å². The van der Waals surface area contributed by atoms with Gasteiger partial charge in [0.25, 0.3) is 0 Å². The molecule has 0 N–H and O–H groups in total. The first kappa shape index (κ1) is 22.6. The van der Waals surface area contributed by atoms with Crippen LogP contribution in [0.5, 0.6) is 11.5 Å². The van der Waals surface area contributed by atoms with Crippen molar-refractivity contribution in [1.29, 1.82) is 0 Å². The van der Waals surface area contributed by atoms with Gasteiger partial charge in [-0.25, -0.2) is 0 Å². The van der Waals surface area contributed by atoms with Gasteiger partial charge in [0.05, 0.1) is 5.52 Å². The van der Waals surface area contributed by atoms with E-state index < -0.39 is 6.16 Å². The molecular weight excluding hydrogens is 481 g/mol. The maximum absolute atomic E-state index is 12.1. The number of aromatic nitrogens is 1. The van der Waals surface area contributed by atoms with Crippen molar-refractivity contribution in [1.82, 2.24) is 4.98 Å². The number of benzene rings is 3. The van der Waals surface area contributed by atoms with Gasteiger partial charge in [0, 0.05) is 17.6 Å². The Morgan fingerprint density at radius 1 is 0.970 bits per heavy atom. The summed E-state index contributed by atoms with van der Waals surface area (Å²) in [7, 11) is 0. The number of carbonyl (C=O) groups is 1. The summed E-state index contributed by atoms with van der Waals surface area (Å²) in [4.78, 5) is 16.4. The number of rotatable bonds is 8. The van der Waals surface area contributed by atoms with Crippen molar-refractivity contribution < 1.29 is 19.0 Å². The molecule has 6 heteroatoms. The van der Waals surface area contributed by atoms with Crippen molar-refractivity contribution in [3.8, 4) is 11.5 Å². The molecule has 1 heterocycles. The summed E-state index contributed by atoms with van der Waals surface area (Å²) < 4.78 is 17.6. The zero-order valence-electron chi connectivity index (χ0n) is 18.1. The van der Waals surface area contributed by atoms with Gasteiger partial charge in [0.1, 0.15) is 5.75 Å². The fourth-order valence-corrected chi connectivity index (χ4v) is 4.49. The van der Waals surface area contributed by atoms with Crippen LogP contribution < -0.4 is 13.9 Å². The zero-order valence-corrected chi connectivity index (χ0v) is 19.9. The van der Waals surface area contributed by atoms with Crippen LogP contribution in [0.1, 0.15) is 11.1 Å². The van der Waals surface area contributed by atoms with Crippen LogP contribution in [0.3, 0.4) is 0 Å². The van der Waals surface area contributed by atoms with Crippen molar-refractivity contribution in [2.75, 3.05) is 0 Å². The van der Waals surface area contributed by atoms with E-state index in [2.05, 4.69) is 36.2 Å². The van der Waals surface area contributed by atoms with E-state index in [0.717, 1.165) is 27.5 Å². The summed E-state index contributed by atoms with van der Waals surface area (Å²) in [5, 5.41) is 1.73. The molecule has 0 amide bonds. The van der Waals surface area contributed by atoms with Crippen LogP contribution in [0.15, 0.2) is 97.4 Å². The topological polar surface area (TPSA) is 57.7 Å². The quantitative estimate of drug-likeness (QED) is 0.178. The number of fused-ring (bicyclic) bond motifs is 1. The maximum atomic E-state index is 12.1. The number of hydrogen-bond donors (Lipinski definition) is 0. The minimum atomic E-state index is -0.759. The van der Waals surface area contributed by atoms with Gasteiger partial charge >= 0.3 is 141 Å². The molecule has 0 saturated heterocycles. The molecule has 166 valence electrons. The van der Waals surface area contributed by atoms with E-state index in [-0.39, 0.29) is 6.61 Å². The average Bonchev–Trinajstić information content (AvgIpc) is 2.85. The summed E-state index contributed by atoms with van der Waals surface area (Å²) >= 11 is 0.395. The van der Waals surface area contributed by atoms with Gasteiger partial charge in [-0.15, -0.1) is 0 Å². The number of nitrogens with zero attached hydrogens (tertiary/aromatic N) is 1. The van der Waals surface area contributed by atoms with Crippen LogP contribution in [0.2, 0.25) is 5.32 Å². The normalized spacial score (nSPS) is 10.9. The number of aryl methyl sites for hydroxylation is 1. The standard InChI is InChI=1S/C27H23NO4Se/c1-20-7-13-23(14-8-20)33-18-4-17-30-22-11-9-21(10-12-22)19-31-27(29)32-26-15-16-28-25-6-3-2-5-24(25)26/h2-17H,18-19H2,1H3. The number of carbonyl (C=O) groups excluding carboxylic acids is 1. The summed E-state index contributed by atoms with van der Waals surface area (Å²) in [5.41, 5.74) is 2.87. The van der Waals surface area contributed by atoms with Crippen LogP contribution in [0, 0.1) is 6.92 Å². The Morgan fingerprint density at radius 3 is 2.58 bits per heavy atom. The van der Waals surface area contributed by atoms with Gasteiger partial charge in [-0.1, -0.05) is 12.1 Å². The van der Waals surface area contributed by atoms with Gasteiger partial charge < -0.3 is 0 Å². The van der Waals surface area contributed by atoms with E-state index in [9.17, 15) is 4.79 Å². The third-order valence-electron chi connectivity index (χ3n) is 4.75. The van der Waals surface area contributed by atoms with Gasteiger partial charge in [-0.3, -0.25) is 4.98 Å². The number of para-hydroxylation sites is 1. The number of allylic oxidation sites excluding steroid dienone is 1. The summed E-state index contributed by atoms with van der Waals surface area (Å²) in [6.45, 7) is 2.20. The molecular formula is C27H23NO4Se. The van der Waals surface area contributed by atoms with Crippen molar-refractivity contribution in [3.05, 3.63) is 109 Å².